The minimum Gasteiger partial charge on any atom is -0.494 e. The van der Waals surface area contributed by atoms with Gasteiger partial charge in [0.2, 0.25) is 0 Å². The van der Waals surface area contributed by atoms with Gasteiger partial charge >= 0.3 is 5.97 Å². The van der Waals surface area contributed by atoms with Crippen molar-refractivity contribution < 1.29 is 24.2 Å². The molecule has 4 rings (SSSR count). The van der Waals surface area contributed by atoms with Gasteiger partial charge in [-0.15, -0.1) is 11.3 Å². The average Bonchev–Trinajstić information content (AvgIpc) is 3.76. The molecular formula is C33H46N4O5S. The first-order valence-electron chi connectivity index (χ1n) is 15.4. The second kappa shape index (κ2) is 12.4. The van der Waals surface area contributed by atoms with E-state index in [0.29, 0.717) is 28.8 Å². The summed E-state index contributed by atoms with van der Waals surface area (Å²) in [6.45, 7) is 17.0. The molecule has 0 bridgehead atoms. The monoisotopic (exact) mass is 611 g/mol. The number of likely N-dealkylation sites (tertiary alicyclic amines) is 1. The number of nitrogens with zero attached hydrogens (tertiary/aromatic N) is 4. The quantitative estimate of drug-likeness (QED) is 0.250. The molecule has 0 spiro atoms. The lowest BCUT2D eigenvalue weighted by atomic mass is 9.71. The molecule has 4 atom stereocenters. The molecule has 0 radical (unpaired) electrons. The number of aryl methyl sites for hydroxylation is 1. The van der Waals surface area contributed by atoms with E-state index in [2.05, 4.69) is 37.8 Å². The smallest absolute Gasteiger partial charge is 0.332 e. The van der Waals surface area contributed by atoms with E-state index in [1.54, 1.807) is 35.2 Å². The Hall–Kier alpha value is -3.24. The number of carboxylic acid groups (broad SMARTS) is 1. The predicted octanol–water partition coefficient (Wildman–Crippen LogP) is 6.48. The summed E-state index contributed by atoms with van der Waals surface area (Å²) in [6.07, 6.45) is 4.55. The maximum absolute atomic E-state index is 15.1. The molecular weight excluding hydrogens is 564 g/mol. The van der Waals surface area contributed by atoms with E-state index in [1.807, 2.05) is 51.3 Å². The SMILES string of the molecule is [2H]OC(=O)[C@]1(C(C)(C)n2ccc(C)n2)C[C@H](COC)[C@H](c2nccs2)N1C(=O)c1ccc(C(C)(CC)C(C)C)c(OCC)c1. The van der Waals surface area contributed by atoms with Gasteiger partial charge in [0.05, 0.1) is 30.5 Å². The Morgan fingerprint density at radius 2 is 2.00 bits per heavy atom. The van der Waals surface area contributed by atoms with Gasteiger partial charge in [-0.3, -0.25) is 9.48 Å². The minimum atomic E-state index is -1.63. The summed E-state index contributed by atoms with van der Waals surface area (Å²) in [7, 11) is 1.60. The van der Waals surface area contributed by atoms with Gasteiger partial charge in [-0.1, -0.05) is 33.8 Å². The lowest BCUT2D eigenvalue weighted by Crippen LogP contribution is -2.66. The normalized spacial score (nSPS) is 22.4. The number of rotatable bonds is 12. The van der Waals surface area contributed by atoms with E-state index in [-0.39, 0.29) is 30.3 Å². The maximum Gasteiger partial charge on any atom is 0.332 e. The molecule has 0 aliphatic carbocycles. The molecule has 3 heterocycles. The number of hydrogen-bond donors (Lipinski definition) is 1. The van der Waals surface area contributed by atoms with Crippen molar-refractivity contribution in [2.24, 2.45) is 11.8 Å². The number of thiazole rings is 1. The van der Waals surface area contributed by atoms with Crippen LogP contribution in [0.15, 0.2) is 42.0 Å². The van der Waals surface area contributed by atoms with Crippen LogP contribution in [0.2, 0.25) is 0 Å². The van der Waals surface area contributed by atoms with Crippen molar-refractivity contribution in [1.29, 1.82) is 1.43 Å². The van der Waals surface area contributed by atoms with Gasteiger partial charge in [0.1, 0.15) is 10.8 Å². The van der Waals surface area contributed by atoms with Gasteiger partial charge in [-0.05, 0) is 70.1 Å². The van der Waals surface area contributed by atoms with Crippen molar-refractivity contribution in [1.82, 2.24) is 19.7 Å². The van der Waals surface area contributed by atoms with Gasteiger partial charge in [-0.2, -0.15) is 5.10 Å². The maximum atomic E-state index is 15.1. The van der Waals surface area contributed by atoms with Crippen LogP contribution in [0.25, 0.3) is 1.43 Å². The molecule has 234 valence electrons. The molecule has 1 N–H and O–H groups in total. The van der Waals surface area contributed by atoms with Crippen molar-refractivity contribution in [2.45, 2.75) is 90.8 Å². The van der Waals surface area contributed by atoms with Gasteiger partial charge in [0.25, 0.3) is 7.34 Å². The van der Waals surface area contributed by atoms with Crippen LogP contribution in [0, 0.1) is 18.8 Å². The van der Waals surface area contributed by atoms with E-state index in [9.17, 15) is 4.79 Å². The highest BCUT2D eigenvalue weighted by molar-refractivity contribution is 7.09. The number of carbonyl (C=O) groups is 2. The Labute approximate surface area is 260 Å². The number of amides is 1. The van der Waals surface area contributed by atoms with Crippen LogP contribution in [0.1, 0.15) is 94.0 Å². The first-order chi connectivity index (χ1) is 20.8. The molecule has 1 aliphatic heterocycles. The predicted molar refractivity (Wildman–Crippen MR) is 168 cm³/mol. The second-order valence-corrected chi connectivity index (χ2v) is 13.5. The summed E-state index contributed by atoms with van der Waals surface area (Å²) in [5.74, 6) is -0.579. The molecule has 3 aromatic rings. The molecule has 1 saturated heterocycles. The summed E-state index contributed by atoms with van der Waals surface area (Å²) in [5.41, 5.74) is -0.778. The van der Waals surface area contributed by atoms with E-state index in [4.69, 9.17) is 16.0 Å². The molecule has 1 amide bonds. The van der Waals surface area contributed by atoms with E-state index in [0.717, 1.165) is 17.7 Å². The van der Waals surface area contributed by atoms with Crippen LogP contribution in [-0.2, 0) is 20.5 Å². The molecule has 9 nitrogen and oxygen atoms in total. The van der Waals surface area contributed by atoms with Crippen molar-refractivity contribution in [3.8, 4) is 5.75 Å². The van der Waals surface area contributed by atoms with Crippen molar-refractivity contribution in [2.75, 3.05) is 20.3 Å². The van der Waals surface area contributed by atoms with Crippen LogP contribution in [0.5, 0.6) is 5.75 Å². The molecule has 1 aliphatic rings. The fraction of sp³-hybridized carbons (Fsp3) is 0.576. The number of aliphatic carboxylic acids is 1. The Morgan fingerprint density at radius 3 is 2.53 bits per heavy atom. The molecule has 1 aromatic carbocycles. The van der Waals surface area contributed by atoms with Crippen LogP contribution >= 0.6 is 11.3 Å². The van der Waals surface area contributed by atoms with Gasteiger partial charge in [-0.25, -0.2) is 9.78 Å². The molecule has 0 saturated carbocycles. The molecule has 1 unspecified atom stereocenters. The lowest BCUT2D eigenvalue weighted by Gasteiger charge is -2.47. The molecule has 2 aromatic heterocycles. The average molecular weight is 612 g/mol. The zero-order chi connectivity index (χ0) is 32.4. The van der Waals surface area contributed by atoms with Crippen molar-refractivity contribution >= 4 is 23.2 Å². The summed E-state index contributed by atoms with van der Waals surface area (Å²) in [4.78, 5) is 35.4. The number of methoxy groups -OCH3 is 1. The molecule has 10 heteroatoms. The highest BCUT2D eigenvalue weighted by atomic mass is 32.1. The number of carboxylic acids is 1. The summed E-state index contributed by atoms with van der Waals surface area (Å²) >= 11 is 1.41. The largest absolute Gasteiger partial charge is 0.494 e. The van der Waals surface area contributed by atoms with Gasteiger partial charge < -0.3 is 19.5 Å². The Bertz CT molecular complexity index is 1460. The van der Waals surface area contributed by atoms with Crippen LogP contribution in [0.4, 0.5) is 0 Å². The van der Waals surface area contributed by atoms with Crippen molar-refractivity contribution in [3.63, 3.8) is 0 Å². The zero-order valence-electron chi connectivity index (χ0n) is 27.8. The Kier molecular flexibility index (Phi) is 9.00. The highest BCUT2D eigenvalue weighted by Crippen LogP contribution is 2.55. The first-order valence-corrected chi connectivity index (χ1v) is 15.9. The number of hydrogen-bond acceptors (Lipinski definition) is 8. The standard InChI is InChI=1S/C33H46N4O5S/c1-10-32(8,21(3)4)25-13-12-23(18-26(25)42-11-2)29(38)37-27(28-34-15-17-43-28)24(20-41-9)19-33(37,30(39)40)31(6,7)36-16-14-22(5)35-36/h12-18,21,24,27H,10-11,19-20H2,1-9H3,(H,39,40)/t24-,27-,32?,33+/m1/s1/i/hD. The number of carbonyl (C=O) groups excluding carboxylic acids is 1. The minimum absolute atomic E-state index is 0.175. The number of benzene rings is 1. The highest BCUT2D eigenvalue weighted by Gasteiger charge is 2.67. The molecule has 43 heavy (non-hydrogen) atoms. The summed E-state index contributed by atoms with van der Waals surface area (Å²) < 4.78 is 21.4. The topological polar surface area (TPSA) is 107 Å². The van der Waals surface area contributed by atoms with Crippen LogP contribution in [-0.4, -0.2) is 62.5 Å². The Balaban J connectivity index is 2.00. The lowest BCUT2D eigenvalue weighted by molar-refractivity contribution is -0.156. The third-order valence-electron chi connectivity index (χ3n) is 9.79. The van der Waals surface area contributed by atoms with Crippen LogP contribution in [0.3, 0.4) is 0 Å². The molecule has 1 fully saturated rings. The zero-order valence-corrected chi connectivity index (χ0v) is 27.7. The fourth-order valence-electron chi connectivity index (χ4n) is 6.74. The van der Waals surface area contributed by atoms with E-state index in [1.165, 1.54) is 11.3 Å². The van der Waals surface area contributed by atoms with Crippen LogP contribution < -0.4 is 4.74 Å². The van der Waals surface area contributed by atoms with Gasteiger partial charge in [0.15, 0.2) is 5.54 Å². The third-order valence-corrected chi connectivity index (χ3v) is 10.6. The van der Waals surface area contributed by atoms with E-state index < -0.39 is 23.1 Å². The Morgan fingerprint density at radius 1 is 1.26 bits per heavy atom. The third kappa shape index (κ3) is 5.37. The van der Waals surface area contributed by atoms with Gasteiger partial charge in [0, 0.05) is 41.9 Å². The number of aromatic nitrogens is 3. The summed E-state index contributed by atoms with van der Waals surface area (Å²) in [6, 6.07) is 6.82. The number of ether oxygens (including phenoxy) is 2. The summed E-state index contributed by atoms with van der Waals surface area (Å²) in [5, 5.41) is 12.0. The second-order valence-electron chi connectivity index (χ2n) is 12.6. The first kappa shape index (κ1) is 31.2. The van der Waals surface area contributed by atoms with E-state index >= 15 is 4.79 Å². The fourth-order valence-corrected chi connectivity index (χ4v) is 7.56. The van der Waals surface area contributed by atoms with Crippen molar-refractivity contribution in [3.05, 3.63) is 63.9 Å².